The highest BCUT2D eigenvalue weighted by Gasteiger charge is 2.18. The Morgan fingerprint density at radius 3 is 2.87 bits per heavy atom. The minimum Gasteiger partial charge on any atom is -0.462 e. The Kier molecular flexibility index (Phi) is 4.97. The summed E-state index contributed by atoms with van der Waals surface area (Å²) in [6.45, 7) is 4.60. The van der Waals surface area contributed by atoms with E-state index in [0.717, 1.165) is 43.3 Å². The SMILES string of the molecule is CCCCC#CC1=C(CC)C(=O)OCC1. The first-order chi connectivity index (χ1) is 7.29. The molecule has 0 fully saturated rings. The Morgan fingerprint density at radius 2 is 2.20 bits per heavy atom. The van der Waals surface area contributed by atoms with Crippen LogP contribution in [0.2, 0.25) is 0 Å². The zero-order valence-electron chi connectivity index (χ0n) is 9.56. The van der Waals surface area contributed by atoms with E-state index in [1.54, 1.807) is 0 Å². The van der Waals surface area contributed by atoms with Gasteiger partial charge in [0, 0.05) is 24.0 Å². The molecule has 0 saturated heterocycles. The summed E-state index contributed by atoms with van der Waals surface area (Å²) in [5, 5.41) is 0. The van der Waals surface area contributed by atoms with Crippen molar-refractivity contribution in [3.05, 3.63) is 11.1 Å². The number of cyclic esters (lactones) is 1. The third-order valence-electron chi connectivity index (χ3n) is 2.44. The molecule has 0 bridgehead atoms. The van der Waals surface area contributed by atoms with Crippen molar-refractivity contribution in [1.82, 2.24) is 0 Å². The largest absolute Gasteiger partial charge is 0.462 e. The molecule has 0 amide bonds. The van der Waals surface area contributed by atoms with Gasteiger partial charge in [0.2, 0.25) is 0 Å². The topological polar surface area (TPSA) is 26.3 Å². The van der Waals surface area contributed by atoms with Crippen LogP contribution in [0.3, 0.4) is 0 Å². The molecule has 0 spiro atoms. The zero-order chi connectivity index (χ0) is 11.1. The van der Waals surface area contributed by atoms with Gasteiger partial charge < -0.3 is 4.74 Å². The lowest BCUT2D eigenvalue weighted by Crippen LogP contribution is -2.16. The third-order valence-corrected chi connectivity index (χ3v) is 2.44. The molecular formula is C13H18O2. The number of hydrogen-bond acceptors (Lipinski definition) is 2. The average Bonchev–Trinajstić information content (AvgIpc) is 2.24. The predicted molar refractivity (Wildman–Crippen MR) is 60.2 cm³/mol. The van der Waals surface area contributed by atoms with Crippen molar-refractivity contribution in [2.75, 3.05) is 6.61 Å². The van der Waals surface area contributed by atoms with E-state index in [4.69, 9.17) is 4.74 Å². The van der Waals surface area contributed by atoms with Crippen LogP contribution >= 0.6 is 0 Å². The Hall–Kier alpha value is -1.23. The van der Waals surface area contributed by atoms with Gasteiger partial charge in [0.15, 0.2) is 0 Å². The normalized spacial score (nSPS) is 15.7. The van der Waals surface area contributed by atoms with Crippen LogP contribution in [-0.2, 0) is 9.53 Å². The van der Waals surface area contributed by atoms with Crippen LogP contribution in [0.25, 0.3) is 0 Å². The number of rotatable bonds is 3. The summed E-state index contributed by atoms with van der Waals surface area (Å²) < 4.78 is 4.97. The average molecular weight is 206 g/mol. The fraction of sp³-hybridized carbons (Fsp3) is 0.615. The molecule has 1 heterocycles. The molecule has 0 aromatic heterocycles. The molecule has 0 unspecified atom stereocenters. The van der Waals surface area contributed by atoms with Gasteiger partial charge in [0.1, 0.15) is 0 Å². The van der Waals surface area contributed by atoms with Gasteiger partial charge >= 0.3 is 5.97 Å². The molecule has 0 aromatic carbocycles. The number of carbonyl (C=O) groups excluding carboxylic acids is 1. The third kappa shape index (κ3) is 3.43. The van der Waals surface area contributed by atoms with Crippen molar-refractivity contribution in [2.24, 2.45) is 0 Å². The second-order valence-corrected chi connectivity index (χ2v) is 3.60. The van der Waals surface area contributed by atoms with Gasteiger partial charge in [-0.25, -0.2) is 4.79 Å². The van der Waals surface area contributed by atoms with Crippen molar-refractivity contribution < 1.29 is 9.53 Å². The molecule has 0 radical (unpaired) electrons. The first kappa shape index (κ1) is 11.8. The van der Waals surface area contributed by atoms with Gasteiger partial charge in [0.25, 0.3) is 0 Å². The highest BCUT2D eigenvalue weighted by Crippen LogP contribution is 2.18. The van der Waals surface area contributed by atoms with Gasteiger partial charge in [-0.15, -0.1) is 0 Å². The zero-order valence-corrected chi connectivity index (χ0v) is 9.56. The predicted octanol–water partition coefficient (Wildman–Crippen LogP) is 2.83. The molecule has 15 heavy (non-hydrogen) atoms. The van der Waals surface area contributed by atoms with Crippen molar-refractivity contribution in [2.45, 2.75) is 46.0 Å². The summed E-state index contributed by atoms with van der Waals surface area (Å²) in [4.78, 5) is 11.4. The summed E-state index contributed by atoms with van der Waals surface area (Å²) in [5.41, 5.74) is 1.76. The molecule has 1 aliphatic heterocycles. The molecule has 2 nitrogen and oxygen atoms in total. The first-order valence-corrected chi connectivity index (χ1v) is 5.67. The van der Waals surface area contributed by atoms with Crippen LogP contribution in [0.15, 0.2) is 11.1 Å². The Bertz CT molecular complexity index is 315. The molecule has 82 valence electrons. The Balaban J connectivity index is 2.70. The minimum absolute atomic E-state index is 0.177. The van der Waals surface area contributed by atoms with Crippen LogP contribution in [-0.4, -0.2) is 12.6 Å². The van der Waals surface area contributed by atoms with Gasteiger partial charge in [-0.05, 0) is 12.8 Å². The maximum Gasteiger partial charge on any atom is 0.334 e. The lowest BCUT2D eigenvalue weighted by molar-refractivity contribution is -0.140. The van der Waals surface area contributed by atoms with Gasteiger partial charge in [-0.1, -0.05) is 32.1 Å². The van der Waals surface area contributed by atoms with Crippen molar-refractivity contribution in [3.63, 3.8) is 0 Å². The van der Waals surface area contributed by atoms with Crippen LogP contribution in [0, 0.1) is 11.8 Å². The van der Waals surface area contributed by atoms with E-state index in [0.29, 0.717) is 6.61 Å². The number of esters is 1. The molecule has 0 N–H and O–H groups in total. The summed E-state index contributed by atoms with van der Waals surface area (Å²) in [6, 6.07) is 0. The van der Waals surface area contributed by atoms with Crippen LogP contribution in [0.1, 0.15) is 46.0 Å². The number of ether oxygens (including phenoxy) is 1. The van der Waals surface area contributed by atoms with E-state index in [1.807, 2.05) is 6.92 Å². The van der Waals surface area contributed by atoms with E-state index in [1.165, 1.54) is 0 Å². The molecular weight excluding hydrogens is 188 g/mol. The van der Waals surface area contributed by atoms with E-state index in [9.17, 15) is 4.79 Å². The summed E-state index contributed by atoms with van der Waals surface area (Å²) in [7, 11) is 0. The highest BCUT2D eigenvalue weighted by molar-refractivity contribution is 5.91. The minimum atomic E-state index is -0.177. The number of carbonyl (C=O) groups is 1. The van der Waals surface area contributed by atoms with E-state index in [2.05, 4.69) is 18.8 Å². The van der Waals surface area contributed by atoms with Crippen molar-refractivity contribution in [1.29, 1.82) is 0 Å². The number of unbranched alkanes of at least 4 members (excludes halogenated alkanes) is 2. The molecule has 2 heteroatoms. The molecule has 1 aliphatic rings. The maximum atomic E-state index is 11.4. The van der Waals surface area contributed by atoms with Crippen molar-refractivity contribution in [3.8, 4) is 11.8 Å². The molecule has 1 rings (SSSR count). The van der Waals surface area contributed by atoms with Gasteiger partial charge in [0.05, 0.1) is 6.61 Å². The van der Waals surface area contributed by atoms with Gasteiger partial charge in [-0.3, -0.25) is 0 Å². The first-order valence-electron chi connectivity index (χ1n) is 5.67. The second kappa shape index (κ2) is 6.29. The smallest absolute Gasteiger partial charge is 0.334 e. The summed E-state index contributed by atoms with van der Waals surface area (Å²) in [6.07, 6.45) is 4.72. The molecule has 0 saturated carbocycles. The van der Waals surface area contributed by atoms with Crippen molar-refractivity contribution >= 4 is 5.97 Å². The monoisotopic (exact) mass is 206 g/mol. The summed E-state index contributed by atoms with van der Waals surface area (Å²) >= 11 is 0. The van der Waals surface area contributed by atoms with Crippen LogP contribution in [0.5, 0.6) is 0 Å². The van der Waals surface area contributed by atoms with E-state index in [-0.39, 0.29) is 5.97 Å². The Morgan fingerprint density at radius 1 is 1.40 bits per heavy atom. The maximum absolute atomic E-state index is 11.4. The van der Waals surface area contributed by atoms with Gasteiger partial charge in [-0.2, -0.15) is 0 Å². The molecule has 0 aliphatic carbocycles. The van der Waals surface area contributed by atoms with Crippen LogP contribution < -0.4 is 0 Å². The fourth-order valence-electron chi connectivity index (χ4n) is 1.54. The summed E-state index contributed by atoms with van der Waals surface area (Å²) in [5.74, 6) is 6.06. The fourth-order valence-corrected chi connectivity index (χ4v) is 1.54. The number of hydrogen-bond donors (Lipinski definition) is 0. The molecule has 0 atom stereocenters. The quantitative estimate of drug-likeness (QED) is 0.403. The van der Waals surface area contributed by atoms with E-state index < -0.39 is 0 Å². The highest BCUT2D eigenvalue weighted by atomic mass is 16.5. The lowest BCUT2D eigenvalue weighted by Gasteiger charge is -2.15. The van der Waals surface area contributed by atoms with Crippen LogP contribution in [0.4, 0.5) is 0 Å². The molecule has 0 aromatic rings. The van der Waals surface area contributed by atoms with E-state index >= 15 is 0 Å². The Labute approximate surface area is 91.7 Å². The standard InChI is InChI=1S/C13H18O2/c1-3-5-6-7-8-11-9-10-15-13(14)12(11)4-2/h3-6,9-10H2,1-2H3. The second-order valence-electron chi connectivity index (χ2n) is 3.60. The lowest BCUT2D eigenvalue weighted by atomic mass is 10.0.